The first-order valence-corrected chi connectivity index (χ1v) is 11.2. The van der Waals surface area contributed by atoms with Crippen molar-refractivity contribution in [2.24, 2.45) is 5.10 Å². The minimum absolute atomic E-state index is 0.182. The molecule has 1 heterocycles. The highest BCUT2D eigenvalue weighted by Crippen LogP contribution is 2.29. The lowest BCUT2D eigenvalue weighted by Crippen LogP contribution is -2.19. The number of nitrogens with one attached hydrogen (secondary N) is 1. The van der Waals surface area contributed by atoms with E-state index in [1.165, 1.54) is 11.8 Å². The summed E-state index contributed by atoms with van der Waals surface area (Å²) in [5, 5.41) is 4.67. The highest BCUT2D eigenvalue weighted by atomic mass is 35.5. The Morgan fingerprint density at radius 3 is 2.50 bits per heavy atom. The molecule has 4 aromatic rings. The third-order valence-electron chi connectivity index (χ3n) is 3.93. The molecule has 8 heteroatoms. The van der Waals surface area contributed by atoms with E-state index >= 15 is 0 Å². The van der Waals surface area contributed by atoms with Gasteiger partial charge in [0.15, 0.2) is 4.34 Å². The van der Waals surface area contributed by atoms with E-state index in [1.54, 1.807) is 41.8 Å². The smallest absolute Gasteiger partial charge is 0.250 e. The summed E-state index contributed by atoms with van der Waals surface area (Å²) in [6.45, 7) is 0. The Hall–Kier alpha value is -2.87. The van der Waals surface area contributed by atoms with Crippen molar-refractivity contribution in [3.8, 4) is 11.5 Å². The number of amides is 1. The molecule has 5 nitrogen and oxygen atoms in total. The molecule has 0 aliphatic heterocycles. The Labute approximate surface area is 186 Å². The van der Waals surface area contributed by atoms with E-state index in [4.69, 9.17) is 16.3 Å². The van der Waals surface area contributed by atoms with Gasteiger partial charge in [-0.05, 0) is 66.2 Å². The first-order chi connectivity index (χ1) is 14.7. The number of carbonyl (C=O) groups excluding carboxylic acids is 1. The van der Waals surface area contributed by atoms with Crippen molar-refractivity contribution in [2.45, 2.75) is 4.34 Å². The molecular formula is C22H16ClN3O2S2. The summed E-state index contributed by atoms with van der Waals surface area (Å²) in [4.78, 5) is 16.5. The van der Waals surface area contributed by atoms with Gasteiger partial charge in [0.1, 0.15) is 11.5 Å². The number of fused-ring (bicyclic) bond motifs is 1. The maximum atomic E-state index is 12.0. The Morgan fingerprint density at radius 2 is 1.77 bits per heavy atom. The van der Waals surface area contributed by atoms with Gasteiger partial charge in [-0.1, -0.05) is 35.5 Å². The summed E-state index contributed by atoms with van der Waals surface area (Å²) in [6, 6.07) is 22.5. The van der Waals surface area contributed by atoms with Crippen LogP contribution in [0.2, 0.25) is 5.02 Å². The molecule has 0 radical (unpaired) electrons. The van der Waals surface area contributed by atoms with Gasteiger partial charge in [-0.2, -0.15) is 5.10 Å². The monoisotopic (exact) mass is 453 g/mol. The average molecular weight is 454 g/mol. The lowest BCUT2D eigenvalue weighted by molar-refractivity contribution is -0.118. The Balaban J connectivity index is 1.25. The number of thiazole rings is 1. The van der Waals surface area contributed by atoms with Gasteiger partial charge < -0.3 is 4.74 Å². The molecule has 1 aromatic heterocycles. The summed E-state index contributed by atoms with van der Waals surface area (Å²) in [5.74, 6) is 1.48. The van der Waals surface area contributed by atoms with Gasteiger partial charge in [-0.15, -0.1) is 11.3 Å². The molecule has 4 rings (SSSR count). The maximum Gasteiger partial charge on any atom is 0.250 e. The molecule has 1 amide bonds. The van der Waals surface area contributed by atoms with Crippen LogP contribution in [0.3, 0.4) is 0 Å². The third kappa shape index (κ3) is 5.60. The van der Waals surface area contributed by atoms with E-state index in [9.17, 15) is 4.79 Å². The zero-order valence-electron chi connectivity index (χ0n) is 15.6. The molecule has 0 aliphatic carbocycles. The molecule has 3 aromatic carbocycles. The number of halogens is 1. The van der Waals surface area contributed by atoms with E-state index in [2.05, 4.69) is 15.5 Å². The second-order valence-corrected chi connectivity index (χ2v) is 8.84. The molecule has 0 atom stereocenters. The highest BCUT2D eigenvalue weighted by molar-refractivity contribution is 8.01. The number of hydrogen-bond acceptors (Lipinski definition) is 6. The Kier molecular flexibility index (Phi) is 6.63. The number of ether oxygens (including phenoxy) is 1. The third-order valence-corrected chi connectivity index (χ3v) is 6.36. The number of benzene rings is 3. The molecule has 0 bridgehead atoms. The van der Waals surface area contributed by atoms with Crippen LogP contribution in [0.15, 0.2) is 82.2 Å². The van der Waals surface area contributed by atoms with Crippen LogP contribution in [-0.2, 0) is 4.79 Å². The number of hydrogen-bond donors (Lipinski definition) is 1. The number of hydrazone groups is 1. The average Bonchev–Trinajstić information content (AvgIpc) is 3.18. The molecule has 0 fully saturated rings. The summed E-state index contributed by atoms with van der Waals surface area (Å²) in [5.41, 5.74) is 4.33. The predicted molar refractivity (Wildman–Crippen MR) is 124 cm³/mol. The number of para-hydroxylation sites is 1. The quantitative estimate of drug-likeness (QED) is 0.212. The van der Waals surface area contributed by atoms with Crippen molar-refractivity contribution in [3.63, 3.8) is 0 Å². The maximum absolute atomic E-state index is 12.0. The fraction of sp³-hybridized carbons (Fsp3) is 0.0455. The van der Waals surface area contributed by atoms with Crippen molar-refractivity contribution in [1.29, 1.82) is 0 Å². The standard InChI is InChI=1S/C22H16ClN3O2S2/c23-16-7-11-18(12-8-16)28-17-9-5-15(6-10-17)13-24-26-21(27)14-29-22-25-19-3-1-2-4-20(19)30-22/h1-13H,14H2,(H,26,27)/b24-13+. The van der Waals surface area contributed by atoms with Gasteiger partial charge in [0, 0.05) is 5.02 Å². The van der Waals surface area contributed by atoms with Crippen LogP contribution in [0.4, 0.5) is 0 Å². The van der Waals surface area contributed by atoms with E-state index in [-0.39, 0.29) is 11.7 Å². The van der Waals surface area contributed by atoms with Crippen molar-refractivity contribution in [1.82, 2.24) is 10.4 Å². The predicted octanol–water partition coefficient (Wildman–Crippen LogP) is 5.98. The summed E-state index contributed by atoms with van der Waals surface area (Å²) in [6.07, 6.45) is 1.59. The fourth-order valence-electron chi connectivity index (χ4n) is 2.51. The second kappa shape index (κ2) is 9.75. The SMILES string of the molecule is O=C(CSc1nc2ccccc2s1)N/N=C/c1ccc(Oc2ccc(Cl)cc2)cc1. The first-order valence-electron chi connectivity index (χ1n) is 8.99. The topological polar surface area (TPSA) is 63.6 Å². The normalized spacial score (nSPS) is 11.1. The minimum atomic E-state index is -0.182. The van der Waals surface area contributed by atoms with E-state index < -0.39 is 0 Å². The van der Waals surface area contributed by atoms with Crippen LogP contribution >= 0.6 is 34.7 Å². The molecule has 0 aliphatic rings. The zero-order chi connectivity index (χ0) is 20.8. The van der Waals surface area contributed by atoms with E-state index in [0.717, 1.165) is 20.1 Å². The van der Waals surface area contributed by atoms with Gasteiger partial charge >= 0.3 is 0 Å². The molecule has 1 N–H and O–H groups in total. The number of thioether (sulfide) groups is 1. The van der Waals surface area contributed by atoms with Gasteiger partial charge in [-0.3, -0.25) is 4.79 Å². The van der Waals surface area contributed by atoms with Crippen LogP contribution in [-0.4, -0.2) is 22.9 Å². The van der Waals surface area contributed by atoms with Crippen molar-refractivity contribution in [2.75, 3.05) is 5.75 Å². The fourth-order valence-corrected chi connectivity index (χ4v) is 4.50. The number of aromatic nitrogens is 1. The van der Waals surface area contributed by atoms with Crippen LogP contribution in [0, 0.1) is 0 Å². The van der Waals surface area contributed by atoms with E-state index in [0.29, 0.717) is 16.5 Å². The first kappa shape index (κ1) is 20.4. The molecule has 0 unspecified atom stereocenters. The number of rotatable bonds is 7. The minimum Gasteiger partial charge on any atom is -0.457 e. The lowest BCUT2D eigenvalue weighted by atomic mass is 10.2. The van der Waals surface area contributed by atoms with Crippen LogP contribution in [0.1, 0.15) is 5.56 Å². The van der Waals surface area contributed by atoms with Gasteiger partial charge in [0.25, 0.3) is 5.91 Å². The molecule has 150 valence electrons. The van der Waals surface area contributed by atoms with Gasteiger partial charge in [0.05, 0.1) is 22.2 Å². The van der Waals surface area contributed by atoms with Crippen molar-refractivity contribution in [3.05, 3.63) is 83.4 Å². The van der Waals surface area contributed by atoms with Crippen LogP contribution in [0.5, 0.6) is 11.5 Å². The lowest BCUT2D eigenvalue weighted by Gasteiger charge is -2.05. The summed E-state index contributed by atoms with van der Waals surface area (Å²) >= 11 is 8.85. The molecule has 30 heavy (non-hydrogen) atoms. The second-order valence-electron chi connectivity index (χ2n) is 6.15. The zero-order valence-corrected chi connectivity index (χ0v) is 18.0. The summed E-state index contributed by atoms with van der Waals surface area (Å²) in [7, 11) is 0. The number of nitrogens with zero attached hydrogens (tertiary/aromatic N) is 2. The highest BCUT2D eigenvalue weighted by Gasteiger charge is 2.07. The van der Waals surface area contributed by atoms with Gasteiger partial charge in [0.2, 0.25) is 0 Å². The number of carbonyl (C=O) groups is 1. The summed E-state index contributed by atoms with van der Waals surface area (Å²) < 4.78 is 7.73. The van der Waals surface area contributed by atoms with Crippen molar-refractivity contribution >= 4 is 57.0 Å². The molecule has 0 spiro atoms. The largest absolute Gasteiger partial charge is 0.457 e. The molecule has 0 saturated carbocycles. The molecule has 0 saturated heterocycles. The van der Waals surface area contributed by atoms with Crippen molar-refractivity contribution < 1.29 is 9.53 Å². The van der Waals surface area contributed by atoms with Gasteiger partial charge in [-0.25, -0.2) is 10.4 Å². The molecular weight excluding hydrogens is 438 g/mol. The van der Waals surface area contributed by atoms with E-state index in [1.807, 2.05) is 48.5 Å². The van der Waals surface area contributed by atoms with Crippen LogP contribution < -0.4 is 10.2 Å². The Morgan fingerprint density at radius 1 is 1.07 bits per heavy atom. The van der Waals surface area contributed by atoms with Crippen LogP contribution in [0.25, 0.3) is 10.2 Å². The Bertz CT molecular complexity index is 1140.